The van der Waals surface area contributed by atoms with Crippen LogP contribution in [-0.2, 0) is 6.18 Å². The fraction of sp³-hybridized carbons (Fsp3) is 0.348. The molecule has 1 fully saturated rings. The SMILES string of the molecule is CN/C(=C1/CCCN(c2c(C)cc(C)cc2C)C1=N)c1ccccc1C(F)(F)F. The van der Waals surface area contributed by atoms with Crippen LogP contribution in [0.2, 0.25) is 0 Å². The van der Waals surface area contributed by atoms with Crippen LogP contribution in [0.5, 0.6) is 0 Å². The molecule has 0 unspecified atom stereocenters. The van der Waals surface area contributed by atoms with Gasteiger partial charge in [0.2, 0.25) is 0 Å². The number of rotatable bonds is 3. The predicted molar refractivity (Wildman–Crippen MR) is 112 cm³/mol. The van der Waals surface area contributed by atoms with Crippen LogP contribution in [-0.4, -0.2) is 19.4 Å². The van der Waals surface area contributed by atoms with Crippen molar-refractivity contribution in [3.05, 3.63) is 69.8 Å². The van der Waals surface area contributed by atoms with Gasteiger partial charge in [-0.25, -0.2) is 0 Å². The van der Waals surface area contributed by atoms with E-state index in [1.165, 1.54) is 12.1 Å². The van der Waals surface area contributed by atoms with E-state index in [0.29, 0.717) is 24.2 Å². The maximum Gasteiger partial charge on any atom is 0.417 e. The first-order chi connectivity index (χ1) is 13.6. The van der Waals surface area contributed by atoms with Gasteiger partial charge in [0.25, 0.3) is 0 Å². The van der Waals surface area contributed by atoms with Crippen LogP contribution in [0.4, 0.5) is 18.9 Å². The summed E-state index contributed by atoms with van der Waals surface area (Å²) in [6, 6.07) is 9.70. The van der Waals surface area contributed by atoms with Crippen LogP contribution in [0.1, 0.15) is 40.7 Å². The van der Waals surface area contributed by atoms with Crippen LogP contribution in [0, 0.1) is 26.2 Å². The lowest BCUT2D eigenvalue weighted by Gasteiger charge is -2.35. The van der Waals surface area contributed by atoms with Gasteiger partial charge in [0.1, 0.15) is 5.84 Å². The summed E-state index contributed by atoms with van der Waals surface area (Å²) in [4.78, 5) is 1.93. The van der Waals surface area contributed by atoms with E-state index >= 15 is 0 Å². The number of nitrogens with zero attached hydrogens (tertiary/aromatic N) is 1. The quantitative estimate of drug-likeness (QED) is 0.678. The number of piperidine rings is 1. The molecule has 0 amide bonds. The number of nitrogens with one attached hydrogen (secondary N) is 2. The number of amidine groups is 1. The Kier molecular flexibility index (Phi) is 5.73. The highest BCUT2D eigenvalue weighted by Gasteiger charge is 2.35. The number of aryl methyl sites for hydroxylation is 3. The maximum absolute atomic E-state index is 13.6. The van der Waals surface area contributed by atoms with Gasteiger partial charge in [-0.05, 0) is 50.8 Å². The zero-order chi connectivity index (χ0) is 21.3. The zero-order valence-electron chi connectivity index (χ0n) is 17.2. The van der Waals surface area contributed by atoms with Crippen molar-refractivity contribution in [1.82, 2.24) is 5.32 Å². The largest absolute Gasteiger partial charge is 0.417 e. The highest BCUT2D eigenvalue weighted by molar-refractivity contribution is 6.13. The van der Waals surface area contributed by atoms with E-state index in [2.05, 4.69) is 17.4 Å². The fourth-order valence-electron chi connectivity index (χ4n) is 4.27. The lowest BCUT2D eigenvalue weighted by molar-refractivity contribution is -0.137. The average molecular weight is 401 g/mol. The van der Waals surface area contributed by atoms with E-state index in [9.17, 15) is 13.2 Å². The highest BCUT2D eigenvalue weighted by Crippen LogP contribution is 2.38. The van der Waals surface area contributed by atoms with Crippen molar-refractivity contribution in [2.45, 2.75) is 39.8 Å². The normalized spacial score (nSPS) is 16.8. The summed E-state index contributed by atoms with van der Waals surface area (Å²) >= 11 is 0. The van der Waals surface area contributed by atoms with Crippen molar-refractivity contribution in [2.24, 2.45) is 0 Å². The van der Waals surface area contributed by atoms with Gasteiger partial charge >= 0.3 is 6.18 Å². The number of hydrogen-bond acceptors (Lipinski definition) is 2. The van der Waals surface area contributed by atoms with Crippen molar-refractivity contribution < 1.29 is 13.2 Å². The highest BCUT2D eigenvalue weighted by atomic mass is 19.4. The summed E-state index contributed by atoms with van der Waals surface area (Å²) in [7, 11) is 1.62. The fourth-order valence-corrected chi connectivity index (χ4v) is 4.27. The molecule has 0 bridgehead atoms. The Morgan fingerprint density at radius 3 is 2.28 bits per heavy atom. The molecule has 0 aromatic heterocycles. The first kappa shape index (κ1) is 21.0. The summed E-state index contributed by atoms with van der Waals surface area (Å²) in [5.41, 5.74) is 4.62. The van der Waals surface area contributed by atoms with Gasteiger partial charge in [0.15, 0.2) is 0 Å². The molecule has 29 heavy (non-hydrogen) atoms. The summed E-state index contributed by atoms with van der Waals surface area (Å²) < 4.78 is 40.7. The standard InChI is InChI=1S/C23H26F3N3/c1-14-12-15(2)21(16(3)13-14)29-11-7-9-18(22(29)27)20(28-4)17-8-5-6-10-19(17)23(24,25)26/h5-6,8,10,12-13,27-28H,7,9,11H2,1-4H3/b20-18-,27-22?. The molecule has 154 valence electrons. The molecule has 0 atom stereocenters. The predicted octanol–water partition coefficient (Wildman–Crippen LogP) is 5.84. The van der Waals surface area contributed by atoms with E-state index < -0.39 is 11.7 Å². The number of hydrogen-bond donors (Lipinski definition) is 2. The third kappa shape index (κ3) is 4.02. The lowest BCUT2D eigenvalue weighted by Crippen LogP contribution is -2.38. The van der Waals surface area contributed by atoms with Crippen LogP contribution in [0.25, 0.3) is 5.70 Å². The van der Waals surface area contributed by atoms with Gasteiger partial charge in [-0.15, -0.1) is 0 Å². The molecule has 2 N–H and O–H groups in total. The molecular weight excluding hydrogens is 375 g/mol. The number of benzene rings is 2. The van der Waals surface area contributed by atoms with Crippen molar-refractivity contribution in [3.8, 4) is 0 Å². The van der Waals surface area contributed by atoms with Crippen LogP contribution >= 0.6 is 0 Å². The Morgan fingerprint density at radius 2 is 1.69 bits per heavy atom. The second kappa shape index (κ2) is 7.93. The molecule has 2 aromatic carbocycles. The Morgan fingerprint density at radius 1 is 1.07 bits per heavy atom. The molecule has 0 aliphatic carbocycles. The third-order valence-corrected chi connectivity index (χ3v) is 5.32. The zero-order valence-corrected chi connectivity index (χ0v) is 17.2. The molecule has 3 rings (SSSR count). The monoisotopic (exact) mass is 401 g/mol. The van der Waals surface area contributed by atoms with Crippen molar-refractivity contribution >= 4 is 17.2 Å². The van der Waals surface area contributed by atoms with E-state index in [0.717, 1.165) is 34.9 Å². The van der Waals surface area contributed by atoms with Crippen LogP contribution in [0.3, 0.4) is 0 Å². The van der Waals surface area contributed by atoms with Crippen molar-refractivity contribution in [2.75, 3.05) is 18.5 Å². The Bertz CT molecular complexity index is 951. The molecule has 0 saturated carbocycles. The van der Waals surface area contributed by atoms with Gasteiger partial charge < -0.3 is 10.2 Å². The van der Waals surface area contributed by atoms with E-state index in [4.69, 9.17) is 5.41 Å². The minimum atomic E-state index is -4.46. The van der Waals surface area contributed by atoms with Gasteiger partial charge in [0, 0.05) is 36.1 Å². The number of halogens is 3. The van der Waals surface area contributed by atoms with Gasteiger partial charge in [-0.3, -0.25) is 5.41 Å². The van der Waals surface area contributed by atoms with Crippen molar-refractivity contribution in [3.63, 3.8) is 0 Å². The lowest BCUT2D eigenvalue weighted by atomic mass is 9.93. The minimum absolute atomic E-state index is 0.0847. The molecular formula is C23H26F3N3. The maximum atomic E-state index is 13.6. The number of alkyl halides is 3. The first-order valence-electron chi connectivity index (χ1n) is 9.67. The number of anilines is 1. The Labute approximate surface area is 169 Å². The summed E-state index contributed by atoms with van der Waals surface area (Å²) in [6.07, 6.45) is -3.13. The smallest absolute Gasteiger partial charge is 0.387 e. The second-order valence-corrected chi connectivity index (χ2v) is 7.50. The topological polar surface area (TPSA) is 39.1 Å². The molecule has 2 aromatic rings. The molecule has 1 aliphatic rings. The summed E-state index contributed by atoms with van der Waals surface area (Å²) in [5.74, 6) is 0.257. The average Bonchev–Trinajstić information content (AvgIpc) is 2.63. The van der Waals surface area contributed by atoms with Crippen molar-refractivity contribution in [1.29, 1.82) is 5.41 Å². The van der Waals surface area contributed by atoms with Gasteiger partial charge in [0.05, 0.1) is 5.56 Å². The first-order valence-corrected chi connectivity index (χ1v) is 9.67. The molecule has 6 heteroatoms. The molecule has 0 radical (unpaired) electrons. The molecule has 1 saturated heterocycles. The molecule has 0 spiro atoms. The van der Waals surface area contributed by atoms with Crippen LogP contribution in [0.15, 0.2) is 42.0 Å². The van der Waals surface area contributed by atoms with E-state index in [1.54, 1.807) is 13.1 Å². The van der Waals surface area contributed by atoms with Gasteiger partial charge in [-0.1, -0.05) is 35.9 Å². The molecule has 1 heterocycles. The Hall–Kier alpha value is -2.76. The molecule has 1 aliphatic heterocycles. The van der Waals surface area contributed by atoms with E-state index in [-0.39, 0.29) is 11.4 Å². The van der Waals surface area contributed by atoms with Gasteiger partial charge in [-0.2, -0.15) is 13.2 Å². The summed E-state index contributed by atoms with van der Waals surface area (Å²) in [5, 5.41) is 11.8. The minimum Gasteiger partial charge on any atom is -0.387 e. The summed E-state index contributed by atoms with van der Waals surface area (Å²) in [6.45, 7) is 6.73. The van der Waals surface area contributed by atoms with E-state index in [1.807, 2.05) is 25.7 Å². The molecule has 3 nitrogen and oxygen atoms in total. The third-order valence-electron chi connectivity index (χ3n) is 5.32. The van der Waals surface area contributed by atoms with Crippen LogP contribution < -0.4 is 10.2 Å². The Balaban J connectivity index is 2.14. The second-order valence-electron chi connectivity index (χ2n) is 7.50.